The molecule has 2 rings (SSSR count). The standard InChI is InChI=1S/C10H9N3O3/c1-2-6-3-9(15)13(5-6)7-4-8(14)12-10(16)11-7/h1,4,6H,3,5H2,(H2,11,12,14,16). The molecule has 1 amide bonds. The van der Waals surface area contributed by atoms with Crippen LogP contribution in [0.3, 0.4) is 0 Å². The fourth-order valence-corrected chi connectivity index (χ4v) is 1.65. The number of aromatic amines is 2. The molecular weight excluding hydrogens is 210 g/mol. The summed E-state index contributed by atoms with van der Waals surface area (Å²) in [5.74, 6) is 2.31. The van der Waals surface area contributed by atoms with Crippen LogP contribution in [-0.2, 0) is 4.79 Å². The maximum absolute atomic E-state index is 11.6. The predicted octanol–water partition coefficient (Wildman–Crippen LogP) is -0.951. The number of nitrogens with zero attached hydrogens (tertiary/aromatic N) is 1. The zero-order chi connectivity index (χ0) is 11.7. The lowest BCUT2D eigenvalue weighted by atomic mass is 10.1. The fourth-order valence-electron chi connectivity index (χ4n) is 1.65. The average Bonchev–Trinajstić information content (AvgIpc) is 2.58. The van der Waals surface area contributed by atoms with Crippen molar-refractivity contribution in [3.05, 3.63) is 26.9 Å². The average molecular weight is 219 g/mol. The molecule has 0 aliphatic carbocycles. The van der Waals surface area contributed by atoms with Gasteiger partial charge in [-0.25, -0.2) is 4.79 Å². The Morgan fingerprint density at radius 2 is 2.12 bits per heavy atom. The third kappa shape index (κ3) is 1.75. The summed E-state index contributed by atoms with van der Waals surface area (Å²) in [4.78, 5) is 39.4. The monoisotopic (exact) mass is 219 g/mol. The molecule has 82 valence electrons. The van der Waals surface area contributed by atoms with Crippen LogP contribution in [0.4, 0.5) is 5.82 Å². The minimum absolute atomic E-state index is 0.171. The van der Waals surface area contributed by atoms with Crippen LogP contribution in [0.1, 0.15) is 6.42 Å². The molecular formula is C10H9N3O3. The smallest absolute Gasteiger partial charge is 0.297 e. The molecule has 0 spiro atoms. The molecule has 0 aromatic carbocycles. The summed E-state index contributed by atoms with van der Waals surface area (Å²) in [5.41, 5.74) is -1.19. The van der Waals surface area contributed by atoms with E-state index in [0.29, 0.717) is 6.54 Å². The molecule has 1 aromatic heterocycles. The number of rotatable bonds is 1. The molecule has 6 heteroatoms. The van der Waals surface area contributed by atoms with Crippen molar-refractivity contribution in [3.8, 4) is 12.3 Å². The van der Waals surface area contributed by atoms with E-state index in [4.69, 9.17) is 6.42 Å². The Balaban J connectivity index is 2.39. The number of carbonyl (C=O) groups is 1. The van der Waals surface area contributed by atoms with Gasteiger partial charge in [-0.1, -0.05) is 0 Å². The first-order valence-electron chi connectivity index (χ1n) is 4.70. The molecule has 1 aliphatic rings. The lowest BCUT2D eigenvalue weighted by molar-refractivity contribution is -0.117. The molecule has 1 unspecified atom stereocenters. The highest BCUT2D eigenvalue weighted by Gasteiger charge is 2.30. The predicted molar refractivity (Wildman–Crippen MR) is 57.0 cm³/mol. The van der Waals surface area contributed by atoms with Crippen molar-refractivity contribution in [3.63, 3.8) is 0 Å². The van der Waals surface area contributed by atoms with Crippen LogP contribution in [0.2, 0.25) is 0 Å². The summed E-state index contributed by atoms with van der Waals surface area (Å²) >= 11 is 0. The summed E-state index contributed by atoms with van der Waals surface area (Å²) in [5, 5.41) is 0. The van der Waals surface area contributed by atoms with E-state index < -0.39 is 11.2 Å². The van der Waals surface area contributed by atoms with Crippen LogP contribution >= 0.6 is 0 Å². The molecule has 0 radical (unpaired) electrons. The van der Waals surface area contributed by atoms with Crippen LogP contribution in [0.5, 0.6) is 0 Å². The fraction of sp³-hybridized carbons (Fsp3) is 0.300. The van der Waals surface area contributed by atoms with E-state index in [0.717, 1.165) is 6.07 Å². The van der Waals surface area contributed by atoms with Crippen molar-refractivity contribution >= 4 is 11.7 Å². The molecule has 0 saturated carbocycles. The van der Waals surface area contributed by atoms with E-state index in [-0.39, 0.29) is 24.1 Å². The quantitative estimate of drug-likeness (QED) is 0.597. The number of hydrogen-bond acceptors (Lipinski definition) is 3. The van der Waals surface area contributed by atoms with E-state index in [1.165, 1.54) is 4.90 Å². The number of aromatic nitrogens is 2. The molecule has 2 N–H and O–H groups in total. The highest BCUT2D eigenvalue weighted by atomic mass is 16.2. The summed E-state index contributed by atoms with van der Waals surface area (Å²) in [7, 11) is 0. The topological polar surface area (TPSA) is 86.0 Å². The van der Waals surface area contributed by atoms with Gasteiger partial charge < -0.3 is 0 Å². The van der Waals surface area contributed by atoms with Gasteiger partial charge in [0.25, 0.3) is 5.56 Å². The first-order valence-corrected chi connectivity index (χ1v) is 4.70. The molecule has 1 fully saturated rings. The lowest BCUT2D eigenvalue weighted by Gasteiger charge is -2.14. The van der Waals surface area contributed by atoms with Gasteiger partial charge in [-0.3, -0.25) is 24.5 Å². The molecule has 2 heterocycles. The summed E-state index contributed by atoms with van der Waals surface area (Å²) in [6.45, 7) is 0.328. The van der Waals surface area contributed by atoms with E-state index in [1.54, 1.807) is 0 Å². The van der Waals surface area contributed by atoms with Crippen molar-refractivity contribution < 1.29 is 4.79 Å². The third-order valence-electron chi connectivity index (χ3n) is 2.40. The zero-order valence-corrected chi connectivity index (χ0v) is 8.32. The molecule has 0 bridgehead atoms. The number of terminal acetylenes is 1. The molecule has 1 aromatic rings. The van der Waals surface area contributed by atoms with Gasteiger partial charge >= 0.3 is 5.69 Å². The molecule has 1 saturated heterocycles. The van der Waals surface area contributed by atoms with Crippen LogP contribution in [0.25, 0.3) is 0 Å². The van der Waals surface area contributed by atoms with Gasteiger partial charge in [0.05, 0.1) is 0 Å². The first kappa shape index (κ1) is 10.2. The van der Waals surface area contributed by atoms with Gasteiger partial charge in [-0.15, -0.1) is 12.3 Å². The van der Waals surface area contributed by atoms with Gasteiger partial charge in [0.15, 0.2) is 0 Å². The Morgan fingerprint density at radius 3 is 2.69 bits per heavy atom. The summed E-state index contributed by atoms with van der Waals surface area (Å²) in [6, 6.07) is 1.16. The SMILES string of the molecule is C#CC1CC(=O)N(c2cc(=O)[nH]c(=O)[nH]2)C1. The van der Waals surface area contributed by atoms with Crippen molar-refractivity contribution in [1.82, 2.24) is 9.97 Å². The Morgan fingerprint density at radius 1 is 1.38 bits per heavy atom. The van der Waals surface area contributed by atoms with E-state index in [2.05, 4.69) is 10.9 Å². The number of H-pyrrole nitrogens is 2. The zero-order valence-electron chi connectivity index (χ0n) is 8.32. The molecule has 6 nitrogen and oxygen atoms in total. The second-order valence-corrected chi connectivity index (χ2v) is 3.55. The van der Waals surface area contributed by atoms with Crippen LogP contribution < -0.4 is 16.1 Å². The Labute approximate surface area is 90.3 Å². The number of anilines is 1. The van der Waals surface area contributed by atoms with E-state index >= 15 is 0 Å². The number of hydrogen-bond donors (Lipinski definition) is 2. The minimum atomic E-state index is -0.639. The van der Waals surface area contributed by atoms with Crippen LogP contribution in [0, 0.1) is 18.3 Å². The van der Waals surface area contributed by atoms with Gasteiger partial charge in [-0.05, 0) is 0 Å². The van der Waals surface area contributed by atoms with Crippen molar-refractivity contribution in [2.24, 2.45) is 5.92 Å². The third-order valence-corrected chi connectivity index (χ3v) is 2.40. The van der Waals surface area contributed by atoms with Crippen LogP contribution in [-0.4, -0.2) is 22.4 Å². The van der Waals surface area contributed by atoms with Crippen LogP contribution in [0.15, 0.2) is 15.7 Å². The molecule has 1 aliphatic heterocycles. The summed E-state index contributed by atoms with van der Waals surface area (Å²) < 4.78 is 0. The number of amides is 1. The maximum atomic E-state index is 11.6. The minimum Gasteiger partial charge on any atom is -0.297 e. The first-order chi connectivity index (χ1) is 7.60. The van der Waals surface area contributed by atoms with E-state index in [1.807, 2.05) is 4.98 Å². The van der Waals surface area contributed by atoms with Gasteiger partial charge in [0.1, 0.15) is 5.82 Å². The van der Waals surface area contributed by atoms with Crippen molar-refractivity contribution in [2.45, 2.75) is 6.42 Å². The second-order valence-electron chi connectivity index (χ2n) is 3.55. The normalized spacial score (nSPS) is 19.8. The molecule has 1 atom stereocenters. The van der Waals surface area contributed by atoms with Crippen molar-refractivity contribution in [2.75, 3.05) is 11.4 Å². The van der Waals surface area contributed by atoms with Gasteiger partial charge in [0, 0.05) is 24.9 Å². The van der Waals surface area contributed by atoms with Gasteiger partial charge in [0.2, 0.25) is 5.91 Å². The van der Waals surface area contributed by atoms with E-state index in [9.17, 15) is 14.4 Å². The number of carbonyl (C=O) groups excluding carboxylic acids is 1. The largest absolute Gasteiger partial charge is 0.327 e. The second kappa shape index (κ2) is 3.70. The Bertz CT molecular complexity index is 550. The Hall–Kier alpha value is -2.29. The number of nitrogens with one attached hydrogen (secondary N) is 2. The maximum Gasteiger partial charge on any atom is 0.327 e. The highest BCUT2D eigenvalue weighted by molar-refractivity contribution is 5.95. The Kier molecular flexibility index (Phi) is 2.37. The molecule has 16 heavy (non-hydrogen) atoms. The lowest BCUT2D eigenvalue weighted by Crippen LogP contribution is -2.31. The van der Waals surface area contributed by atoms with Gasteiger partial charge in [-0.2, -0.15) is 0 Å². The van der Waals surface area contributed by atoms with Crippen molar-refractivity contribution in [1.29, 1.82) is 0 Å². The summed E-state index contributed by atoms with van der Waals surface area (Å²) in [6.07, 6.45) is 5.47. The highest BCUT2D eigenvalue weighted by Crippen LogP contribution is 2.20.